The molecule has 1 heterocycles. The third-order valence-corrected chi connectivity index (χ3v) is 9.90. The predicted octanol–water partition coefficient (Wildman–Crippen LogP) is 2.37. The summed E-state index contributed by atoms with van der Waals surface area (Å²) in [5.41, 5.74) is -0.156. The molecule has 29 heavy (non-hydrogen) atoms. The predicted molar refractivity (Wildman–Crippen MR) is 103 cm³/mol. The molecule has 0 radical (unpaired) electrons. The van der Waals surface area contributed by atoms with Crippen LogP contribution in [-0.4, -0.2) is 47.1 Å². The van der Waals surface area contributed by atoms with E-state index in [-0.39, 0.29) is 41.0 Å². The summed E-state index contributed by atoms with van der Waals surface area (Å²) in [5.74, 6) is -0.750. The van der Waals surface area contributed by atoms with Gasteiger partial charge in [-0.05, 0) is 66.8 Å². The van der Waals surface area contributed by atoms with Gasteiger partial charge in [0.15, 0.2) is 12.6 Å². The zero-order chi connectivity index (χ0) is 20.8. The molecule has 0 aromatic carbocycles. The number of ketones is 2. The molecule has 1 spiro atoms. The standard InChI is InChI=1S/C23H32O6/c1-20-11-23(28-12-29-23)17(26)8-13(20)4-5-14-15-6-7-21(2,18(27)10-24)22(15,3)9-16(25)19(14)20/h8,14-16,19,24-25H,4-7,9-12H2,1-3H3/t14-,15-,16-,19+,20-,21+,22-/m0/s1. The number of hydrogen-bond acceptors (Lipinski definition) is 6. The van der Waals surface area contributed by atoms with Gasteiger partial charge >= 0.3 is 0 Å². The van der Waals surface area contributed by atoms with Crippen molar-refractivity contribution in [3.05, 3.63) is 11.6 Å². The van der Waals surface area contributed by atoms with Gasteiger partial charge in [-0.1, -0.05) is 26.3 Å². The van der Waals surface area contributed by atoms with E-state index in [0.29, 0.717) is 18.8 Å². The lowest BCUT2D eigenvalue weighted by molar-refractivity contribution is -0.384. The number of rotatable bonds is 2. The van der Waals surface area contributed by atoms with Crippen molar-refractivity contribution in [2.75, 3.05) is 13.4 Å². The Morgan fingerprint density at radius 3 is 2.59 bits per heavy atom. The molecule has 0 aromatic rings. The van der Waals surface area contributed by atoms with E-state index in [1.807, 2.05) is 6.92 Å². The number of hydrogen-bond donors (Lipinski definition) is 2. The summed E-state index contributed by atoms with van der Waals surface area (Å²) in [4.78, 5) is 25.3. The fourth-order valence-electron chi connectivity index (χ4n) is 8.10. The molecule has 2 N–H and O–H groups in total. The van der Waals surface area contributed by atoms with Crippen LogP contribution in [0.3, 0.4) is 0 Å². The van der Waals surface area contributed by atoms with Gasteiger partial charge < -0.3 is 19.7 Å². The van der Waals surface area contributed by atoms with Crippen LogP contribution in [0.5, 0.6) is 0 Å². The molecule has 6 heteroatoms. The SMILES string of the molecule is C[C@]12CC3(OCO3)C(=O)C=C1CC[C@@H]1[C@@H]2[C@@H](O)C[C@@]2(C)[C@H]1CC[C@]2(C)C(=O)CO. The van der Waals surface area contributed by atoms with Gasteiger partial charge in [0.1, 0.15) is 6.61 Å². The van der Waals surface area contributed by atoms with Crippen LogP contribution in [0.25, 0.3) is 0 Å². The Hall–Kier alpha value is -1.08. The number of Topliss-reactive ketones (excluding diaryl/α,β-unsaturated/α-hetero) is 1. The normalized spacial score (nSPS) is 50.2. The third-order valence-electron chi connectivity index (χ3n) is 9.90. The lowest BCUT2D eigenvalue weighted by Gasteiger charge is -2.62. The number of ether oxygens (including phenoxy) is 2. The second-order valence-electron chi connectivity index (χ2n) is 10.8. The first-order valence-corrected chi connectivity index (χ1v) is 11.0. The van der Waals surface area contributed by atoms with E-state index >= 15 is 0 Å². The van der Waals surface area contributed by atoms with Crippen LogP contribution < -0.4 is 0 Å². The van der Waals surface area contributed by atoms with Crippen LogP contribution in [0.4, 0.5) is 0 Å². The molecule has 4 aliphatic carbocycles. The molecular formula is C23H32O6. The monoisotopic (exact) mass is 404 g/mol. The van der Waals surface area contributed by atoms with E-state index in [1.165, 1.54) is 0 Å². The van der Waals surface area contributed by atoms with Crippen molar-refractivity contribution < 1.29 is 29.3 Å². The van der Waals surface area contributed by atoms with Gasteiger partial charge in [-0.3, -0.25) is 9.59 Å². The van der Waals surface area contributed by atoms with E-state index in [1.54, 1.807) is 6.08 Å². The van der Waals surface area contributed by atoms with Gasteiger partial charge in [0.05, 0.1) is 6.10 Å². The molecule has 1 aliphatic heterocycles. The maximum Gasteiger partial charge on any atom is 0.237 e. The smallest absolute Gasteiger partial charge is 0.237 e. The minimum absolute atomic E-state index is 0.0185. The largest absolute Gasteiger partial charge is 0.393 e. The third kappa shape index (κ3) is 2.26. The Bertz CT molecular complexity index is 799. The number of aliphatic hydroxyl groups excluding tert-OH is 2. The van der Waals surface area contributed by atoms with Crippen LogP contribution in [0.15, 0.2) is 11.6 Å². The van der Waals surface area contributed by atoms with Gasteiger partial charge in [0.25, 0.3) is 0 Å². The summed E-state index contributed by atoms with van der Waals surface area (Å²) in [7, 11) is 0. The molecule has 6 nitrogen and oxygen atoms in total. The van der Waals surface area contributed by atoms with Crippen molar-refractivity contribution >= 4 is 11.6 Å². The van der Waals surface area contributed by atoms with E-state index in [4.69, 9.17) is 9.47 Å². The first kappa shape index (κ1) is 19.9. The Kier molecular flexibility index (Phi) is 4.11. The lowest BCUT2D eigenvalue weighted by atomic mass is 9.44. The first-order chi connectivity index (χ1) is 13.6. The molecule has 4 fully saturated rings. The number of carbonyl (C=O) groups is 2. The Labute approximate surface area is 171 Å². The van der Waals surface area contributed by atoms with Crippen molar-refractivity contribution in [2.45, 2.75) is 71.2 Å². The molecule has 0 aromatic heterocycles. The van der Waals surface area contributed by atoms with Gasteiger partial charge in [0, 0.05) is 11.8 Å². The summed E-state index contributed by atoms with van der Waals surface area (Å²) < 4.78 is 11.2. The van der Waals surface area contributed by atoms with Gasteiger partial charge in [-0.25, -0.2) is 0 Å². The van der Waals surface area contributed by atoms with Crippen LogP contribution in [0.1, 0.15) is 59.3 Å². The zero-order valence-electron chi connectivity index (χ0n) is 17.6. The fraction of sp³-hybridized carbons (Fsp3) is 0.826. The molecule has 0 amide bonds. The minimum atomic E-state index is -1.17. The molecule has 160 valence electrons. The molecule has 7 atom stereocenters. The van der Waals surface area contributed by atoms with E-state index in [0.717, 1.165) is 31.3 Å². The van der Waals surface area contributed by atoms with Gasteiger partial charge in [-0.2, -0.15) is 0 Å². The van der Waals surface area contributed by atoms with E-state index < -0.39 is 23.9 Å². The molecule has 1 saturated heterocycles. The summed E-state index contributed by atoms with van der Waals surface area (Å²) in [6, 6.07) is 0. The fourth-order valence-corrected chi connectivity index (χ4v) is 8.10. The van der Waals surface area contributed by atoms with E-state index in [9.17, 15) is 19.8 Å². The van der Waals surface area contributed by atoms with Crippen LogP contribution in [-0.2, 0) is 19.1 Å². The molecule has 3 saturated carbocycles. The second-order valence-corrected chi connectivity index (χ2v) is 10.8. The van der Waals surface area contributed by atoms with Crippen LogP contribution in [0, 0.1) is 34.0 Å². The maximum absolute atomic E-state index is 12.7. The summed E-state index contributed by atoms with van der Waals surface area (Å²) in [5, 5.41) is 21.1. The highest BCUT2D eigenvalue weighted by molar-refractivity contribution is 5.98. The molecule has 5 aliphatic rings. The number of carbonyl (C=O) groups excluding carboxylic acids is 2. The Morgan fingerprint density at radius 1 is 1.24 bits per heavy atom. The minimum Gasteiger partial charge on any atom is -0.393 e. The average Bonchev–Trinajstić information content (AvgIpc) is 2.91. The highest BCUT2D eigenvalue weighted by Gasteiger charge is 2.68. The highest BCUT2D eigenvalue weighted by Crippen LogP contribution is 2.70. The highest BCUT2D eigenvalue weighted by atomic mass is 16.9. The topological polar surface area (TPSA) is 93.1 Å². The average molecular weight is 405 g/mol. The quantitative estimate of drug-likeness (QED) is 0.734. The Balaban J connectivity index is 1.54. The van der Waals surface area contributed by atoms with Crippen molar-refractivity contribution in [3.63, 3.8) is 0 Å². The van der Waals surface area contributed by atoms with Gasteiger partial charge in [0.2, 0.25) is 11.6 Å². The second kappa shape index (κ2) is 6.00. The zero-order valence-corrected chi connectivity index (χ0v) is 17.6. The lowest BCUT2D eigenvalue weighted by Crippen LogP contribution is -2.64. The number of aliphatic hydroxyl groups is 2. The first-order valence-electron chi connectivity index (χ1n) is 11.0. The molecular weight excluding hydrogens is 372 g/mol. The summed E-state index contributed by atoms with van der Waals surface area (Å²) in [6.45, 7) is 6.00. The summed E-state index contributed by atoms with van der Waals surface area (Å²) in [6.07, 6.45) is 5.62. The van der Waals surface area contributed by atoms with Crippen molar-refractivity contribution in [1.82, 2.24) is 0 Å². The van der Waals surface area contributed by atoms with Crippen LogP contribution in [0.2, 0.25) is 0 Å². The number of fused-ring (bicyclic) bond motifs is 5. The molecule has 0 bridgehead atoms. The van der Waals surface area contributed by atoms with Crippen molar-refractivity contribution in [3.8, 4) is 0 Å². The van der Waals surface area contributed by atoms with Crippen LogP contribution >= 0.6 is 0 Å². The maximum atomic E-state index is 12.7. The van der Waals surface area contributed by atoms with Crippen molar-refractivity contribution in [2.24, 2.45) is 34.0 Å². The van der Waals surface area contributed by atoms with Crippen molar-refractivity contribution in [1.29, 1.82) is 0 Å². The van der Waals surface area contributed by atoms with Gasteiger partial charge in [-0.15, -0.1) is 0 Å². The van der Waals surface area contributed by atoms with E-state index in [2.05, 4.69) is 13.8 Å². The molecule has 5 rings (SSSR count). The summed E-state index contributed by atoms with van der Waals surface area (Å²) >= 11 is 0. The molecule has 0 unspecified atom stereocenters. The Morgan fingerprint density at radius 2 is 1.97 bits per heavy atom. The number of allylic oxidation sites excluding steroid dienone is 1.